The number of hydrogen-bond acceptors (Lipinski definition) is 4. The highest BCUT2D eigenvalue weighted by molar-refractivity contribution is 4.90. The number of ether oxygens (including phenoxy) is 2. The summed E-state index contributed by atoms with van der Waals surface area (Å²) in [5, 5.41) is 18.7. The fourth-order valence-corrected chi connectivity index (χ4v) is 2.44. The van der Waals surface area contributed by atoms with E-state index in [-0.39, 0.29) is 6.61 Å². The first-order valence-electron chi connectivity index (χ1n) is 5.80. The Bertz CT molecular complexity index is 211. The quantitative estimate of drug-likeness (QED) is 0.712. The molecular formula is C11H20O4. The monoisotopic (exact) mass is 216 g/mol. The van der Waals surface area contributed by atoms with E-state index in [2.05, 4.69) is 6.92 Å². The standard InChI is InChI=1S/C11H20O4/c1-2-8-3-4-11(14-7-8)5-9(13)10(6-12)15-11/h8-10,12-13H,2-7H2,1H3/t8-,9-,10+,11-/m0/s1. The molecule has 2 N–H and O–H groups in total. The van der Waals surface area contributed by atoms with Gasteiger partial charge in [0, 0.05) is 12.8 Å². The fourth-order valence-electron chi connectivity index (χ4n) is 2.44. The van der Waals surface area contributed by atoms with Gasteiger partial charge in [-0.25, -0.2) is 0 Å². The Kier molecular flexibility index (Phi) is 3.30. The van der Waals surface area contributed by atoms with Crippen LogP contribution in [0, 0.1) is 5.92 Å². The molecule has 1 spiro atoms. The average molecular weight is 216 g/mol. The van der Waals surface area contributed by atoms with Gasteiger partial charge in [-0.3, -0.25) is 0 Å². The zero-order valence-corrected chi connectivity index (χ0v) is 9.19. The van der Waals surface area contributed by atoms with Crippen molar-refractivity contribution in [3.63, 3.8) is 0 Å². The van der Waals surface area contributed by atoms with Crippen LogP contribution < -0.4 is 0 Å². The molecule has 15 heavy (non-hydrogen) atoms. The van der Waals surface area contributed by atoms with Crippen LogP contribution in [0.4, 0.5) is 0 Å². The van der Waals surface area contributed by atoms with Gasteiger partial charge in [0.25, 0.3) is 0 Å². The third-order valence-corrected chi connectivity index (χ3v) is 3.59. The van der Waals surface area contributed by atoms with E-state index in [4.69, 9.17) is 14.6 Å². The first kappa shape index (κ1) is 11.3. The number of aliphatic hydroxyl groups excluding tert-OH is 2. The second-order valence-corrected chi connectivity index (χ2v) is 4.64. The fraction of sp³-hybridized carbons (Fsp3) is 1.00. The van der Waals surface area contributed by atoms with Crippen LogP contribution in [-0.4, -0.2) is 41.4 Å². The summed E-state index contributed by atoms with van der Waals surface area (Å²) in [6.07, 6.45) is 2.48. The van der Waals surface area contributed by atoms with Gasteiger partial charge < -0.3 is 19.7 Å². The lowest BCUT2D eigenvalue weighted by Crippen LogP contribution is -2.39. The van der Waals surface area contributed by atoms with E-state index in [9.17, 15) is 5.11 Å². The Balaban J connectivity index is 1.94. The van der Waals surface area contributed by atoms with Crippen LogP contribution in [0.5, 0.6) is 0 Å². The van der Waals surface area contributed by atoms with Crippen LogP contribution in [0.25, 0.3) is 0 Å². The van der Waals surface area contributed by atoms with Gasteiger partial charge in [-0.15, -0.1) is 0 Å². The van der Waals surface area contributed by atoms with E-state index in [1.807, 2.05) is 0 Å². The number of rotatable bonds is 2. The normalized spacial score (nSPS) is 46.2. The summed E-state index contributed by atoms with van der Waals surface area (Å²) in [6.45, 7) is 2.73. The number of aliphatic hydroxyl groups is 2. The minimum atomic E-state index is -0.613. The summed E-state index contributed by atoms with van der Waals surface area (Å²) in [5.41, 5.74) is 0. The molecule has 0 aromatic carbocycles. The molecule has 4 atom stereocenters. The Hall–Kier alpha value is -0.160. The maximum atomic E-state index is 9.66. The van der Waals surface area contributed by atoms with E-state index in [0.29, 0.717) is 18.9 Å². The van der Waals surface area contributed by atoms with Gasteiger partial charge in [-0.1, -0.05) is 13.3 Å². The highest BCUT2D eigenvalue weighted by Crippen LogP contribution is 2.40. The van der Waals surface area contributed by atoms with Gasteiger partial charge >= 0.3 is 0 Å². The lowest BCUT2D eigenvalue weighted by molar-refractivity contribution is -0.257. The molecular weight excluding hydrogens is 196 g/mol. The van der Waals surface area contributed by atoms with E-state index in [1.165, 1.54) is 0 Å². The summed E-state index contributed by atoms with van der Waals surface area (Å²) in [5.74, 6) is 0.00270. The first-order valence-corrected chi connectivity index (χ1v) is 5.80. The minimum Gasteiger partial charge on any atom is -0.394 e. The molecule has 2 aliphatic heterocycles. The molecule has 2 rings (SSSR count). The lowest BCUT2D eigenvalue weighted by Gasteiger charge is -2.36. The van der Waals surface area contributed by atoms with Gasteiger partial charge in [0.15, 0.2) is 5.79 Å². The zero-order valence-electron chi connectivity index (χ0n) is 9.19. The van der Waals surface area contributed by atoms with Crippen molar-refractivity contribution in [3.8, 4) is 0 Å². The van der Waals surface area contributed by atoms with Crippen molar-refractivity contribution in [1.82, 2.24) is 0 Å². The molecule has 4 nitrogen and oxygen atoms in total. The van der Waals surface area contributed by atoms with Gasteiger partial charge in [0.05, 0.1) is 19.3 Å². The first-order chi connectivity index (χ1) is 7.19. The molecule has 2 saturated heterocycles. The summed E-state index contributed by atoms with van der Waals surface area (Å²) in [6, 6.07) is 0. The van der Waals surface area contributed by atoms with E-state index in [1.54, 1.807) is 0 Å². The molecule has 0 amide bonds. The van der Waals surface area contributed by atoms with Crippen molar-refractivity contribution in [2.24, 2.45) is 5.92 Å². The van der Waals surface area contributed by atoms with Crippen LogP contribution in [0.3, 0.4) is 0 Å². The summed E-state index contributed by atoms with van der Waals surface area (Å²) >= 11 is 0. The van der Waals surface area contributed by atoms with Crippen LogP contribution in [-0.2, 0) is 9.47 Å². The van der Waals surface area contributed by atoms with Crippen molar-refractivity contribution in [2.75, 3.05) is 13.2 Å². The molecule has 88 valence electrons. The van der Waals surface area contributed by atoms with Crippen molar-refractivity contribution >= 4 is 0 Å². The maximum absolute atomic E-state index is 9.66. The molecule has 0 radical (unpaired) electrons. The van der Waals surface area contributed by atoms with Gasteiger partial charge in [0.2, 0.25) is 0 Å². The molecule has 2 fully saturated rings. The second-order valence-electron chi connectivity index (χ2n) is 4.64. The Labute approximate surface area is 90.2 Å². The smallest absolute Gasteiger partial charge is 0.171 e. The van der Waals surface area contributed by atoms with Crippen molar-refractivity contribution < 1.29 is 19.7 Å². The van der Waals surface area contributed by atoms with Crippen molar-refractivity contribution in [1.29, 1.82) is 0 Å². The molecule has 0 aliphatic carbocycles. The van der Waals surface area contributed by atoms with Crippen LogP contribution in [0.2, 0.25) is 0 Å². The molecule has 0 aromatic rings. The average Bonchev–Trinajstić information content (AvgIpc) is 2.56. The van der Waals surface area contributed by atoms with E-state index < -0.39 is 18.0 Å². The van der Waals surface area contributed by atoms with Crippen LogP contribution in [0.15, 0.2) is 0 Å². The van der Waals surface area contributed by atoms with Gasteiger partial charge in [0.1, 0.15) is 6.10 Å². The third-order valence-electron chi connectivity index (χ3n) is 3.59. The highest BCUT2D eigenvalue weighted by Gasteiger charge is 2.48. The SMILES string of the molecule is CC[C@H]1CC[C@]2(C[C@H](O)[C@@H](CO)O2)OC1. The van der Waals surface area contributed by atoms with Crippen LogP contribution in [0.1, 0.15) is 32.6 Å². The second kappa shape index (κ2) is 4.37. The van der Waals surface area contributed by atoms with Crippen molar-refractivity contribution in [3.05, 3.63) is 0 Å². The lowest BCUT2D eigenvalue weighted by atomic mass is 9.92. The Morgan fingerprint density at radius 1 is 1.47 bits per heavy atom. The minimum absolute atomic E-state index is 0.135. The topological polar surface area (TPSA) is 58.9 Å². The van der Waals surface area contributed by atoms with E-state index in [0.717, 1.165) is 19.3 Å². The predicted molar refractivity (Wildman–Crippen MR) is 54.3 cm³/mol. The van der Waals surface area contributed by atoms with Crippen LogP contribution >= 0.6 is 0 Å². The molecule has 4 heteroatoms. The molecule has 0 aromatic heterocycles. The third kappa shape index (κ3) is 2.18. The largest absolute Gasteiger partial charge is 0.394 e. The van der Waals surface area contributed by atoms with E-state index >= 15 is 0 Å². The Morgan fingerprint density at radius 2 is 2.27 bits per heavy atom. The maximum Gasteiger partial charge on any atom is 0.171 e. The Morgan fingerprint density at radius 3 is 2.73 bits per heavy atom. The van der Waals surface area contributed by atoms with Gasteiger partial charge in [-0.05, 0) is 12.3 Å². The number of hydrogen-bond donors (Lipinski definition) is 2. The summed E-state index contributed by atoms with van der Waals surface area (Å²) in [7, 11) is 0. The van der Waals surface area contributed by atoms with Crippen molar-refractivity contribution in [2.45, 2.75) is 50.6 Å². The molecule has 0 saturated carbocycles. The summed E-state index contributed by atoms with van der Waals surface area (Å²) < 4.78 is 11.4. The molecule has 2 heterocycles. The molecule has 0 unspecified atom stereocenters. The summed E-state index contributed by atoms with van der Waals surface area (Å²) in [4.78, 5) is 0. The van der Waals surface area contributed by atoms with Gasteiger partial charge in [-0.2, -0.15) is 0 Å². The predicted octanol–water partition coefficient (Wildman–Crippen LogP) is 0.661. The highest BCUT2D eigenvalue weighted by atomic mass is 16.7. The zero-order chi connectivity index (χ0) is 10.9. The molecule has 0 bridgehead atoms. The molecule has 2 aliphatic rings.